The van der Waals surface area contributed by atoms with Gasteiger partial charge in [-0.25, -0.2) is 0 Å². The van der Waals surface area contributed by atoms with Gasteiger partial charge < -0.3 is 10.4 Å². The van der Waals surface area contributed by atoms with Crippen molar-refractivity contribution in [3.63, 3.8) is 0 Å². The number of carbonyl (C=O) groups is 2. The Morgan fingerprint density at radius 2 is 2.06 bits per heavy atom. The summed E-state index contributed by atoms with van der Waals surface area (Å²) in [6.07, 6.45) is 0. The monoisotopic (exact) mass is 333 g/mol. The smallest absolute Gasteiger partial charge is 0.310 e. The van der Waals surface area contributed by atoms with Gasteiger partial charge in [0, 0.05) is 16.6 Å². The van der Waals surface area contributed by atoms with Crippen LogP contribution in [0.3, 0.4) is 0 Å². The zero-order valence-corrected chi connectivity index (χ0v) is 12.3. The van der Waals surface area contributed by atoms with Crippen molar-refractivity contribution in [2.75, 3.05) is 6.54 Å². The molecule has 1 amide bonds. The second-order valence-corrected chi connectivity index (χ2v) is 5.76. The van der Waals surface area contributed by atoms with Crippen LogP contribution in [0.4, 0.5) is 0 Å². The number of halogens is 2. The van der Waals surface area contributed by atoms with Gasteiger partial charge in [-0.3, -0.25) is 9.59 Å². The van der Waals surface area contributed by atoms with E-state index < -0.39 is 11.4 Å². The van der Waals surface area contributed by atoms with Crippen molar-refractivity contribution in [1.29, 1.82) is 0 Å². The maximum atomic E-state index is 11.8. The molecular formula is C12H13BrClNO3. The lowest BCUT2D eigenvalue weighted by Gasteiger charge is -2.19. The van der Waals surface area contributed by atoms with Crippen molar-refractivity contribution >= 4 is 39.4 Å². The Kier molecular flexibility index (Phi) is 4.76. The lowest BCUT2D eigenvalue weighted by molar-refractivity contribution is -0.146. The average molecular weight is 335 g/mol. The molecule has 0 heterocycles. The Morgan fingerprint density at radius 1 is 1.44 bits per heavy atom. The molecule has 0 fully saturated rings. The van der Waals surface area contributed by atoms with Gasteiger partial charge in [0.1, 0.15) is 0 Å². The van der Waals surface area contributed by atoms with E-state index in [-0.39, 0.29) is 12.5 Å². The fraction of sp³-hybridized carbons (Fsp3) is 0.333. The van der Waals surface area contributed by atoms with Crippen LogP contribution in [0.1, 0.15) is 24.2 Å². The molecule has 0 spiro atoms. The lowest BCUT2D eigenvalue weighted by atomic mass is 9.94. The summed E-state index contributed by atoms with van der Waals surface area (Å²) in [5, 5.41) is 11.9. The predicted molar refractivity (Wildman–Crippen MR) is 72.9 cm³/mol. The van der Waals surface area contributed by atoms with Gasteiger partial charge in [0.05, 0.1) is 10.4 Å². The molecule has 0 aromatic heterocycles. The Balaban J connectivity index is 2.72. The molecule has 18 heavy (non-hydrogen) atoms. The summed E-state index contributed by atoms with van der Waals surface area (Å²) in [6.45, 7) is 3.14. The third-order valence-corrected chi connectivity index (χ3v) is 3.68. The molecular weight excluding hydrogens is 321 g/mol. The first-order valence-corrected chi connectivity index (χ1v) is 6.38. The quantitative estimate of drug-likeness (QED) is 0.889. The number of carboxylic acids is 1. The topological polar surface area (TPSA) is 66.4 Å². The fourth-order valence-electron chi connectivity index (χ4n) is 1.12. The molecule has 0 radical (unpaired) electrons. The Bertz CT molecular complexity index is 488. The molecule has 0 saturated heterocycles. The van der Waals surface area contributed by atoms with Crippen LogP contribution in [0.15, 0.2) is 22.7 Å². The number of benzene rings is 1. The van der Waals surface area contributed by atoms with Crippen molar-refractivity contribution in [3.05, 3.63) is 33.3 Å². The van der Waals surface area contributed by atoms with Gasteiger partial charge >= 0.3 is 5.97 Å². The Labute approximate surface area is 118 Å². The van der Waals surface area contributed by atoms with E-state index >= 15 is 0 Å². The number of hydrogen-bond donors (Lipinski definition) is 2. The molecule has 2 N–H and O–H groups in total. The largest absolute Gasteiger partial charge is 0.481 e. The first kappa shape index (κ1) is 15.0. The molecule has 1 aromatic carbocycles. The number of carbonyl (C=O) groups excluding carboxylic acids is 1. The highest BCUT2D eigenvalue weighted by Crippen LogP contribution is 2.23. The van der Waals surface area contributed by atoms with E-state index in [1.807, 2.05) is 0 Å². The highest BCUT2D eigenvalue weighted by molar-refractivity contribution is 9.10. The standard InChI is InChI=1S/C12H13BrClNO3/c1-12(2,11(17)18)6-15-10(16)7-3-4-8(13)9(14)5-7/h3-5H,6H2,1-2H3,(H,15,16)(H,17,18). The third-order valence-electron chi connectivity index (χ3n) is 2.45. The van der Waals surface area contributed by atoms with Crippen molar-refractivity contribution in [1.82, 2.24) is 5.32 Å². The van der Waals surface area contributed by atoms with Gasteiger partial charge in [-0.05, 0) is 48.0 Å². The van der Waals surface area contributed by atoms with Crippen LogP contribution in [0, 0.1) is 5.41 Å². The summed E-state index contributed by atoms with van der Waals surface area (Å²) < 4.78 is 0.701. The summed E-state index contributed by atoms with van der Waals surface area (Å²) >= 11 is 9.10. The molecule has 0 bridgehead atoms. The Morgan fingerprint density at radius 3 is 2.56 bits per heavy atom. The van der Waals surface area contributed by atoms with Crippen LogP contribution < -0.4 is 5.32 Å². The van der Waals surface area contributed by atoms with Gasteiger partial charge in [0.25, 0.3) is 5.91 Å². The summed E-state index contributed by atoms with van der Waals surface area (Å²) in [6, 6.07) is 4.80. The minimum atomic E-state index is -1.01. The number of amides is 1. The van der Waals surface area contributed by atoms with Crippen LogP contribution in [-0.4, -0.2) is 23.5 Å². The van der Waals surface area contributed by atoms with Crippen LogP contribution in [0.5, 0.6) is 0 Å². The number of hydrogen-bond acceptors (Lipinski definition) is 2. The highest BCUT2D eigenvalue weighted by Gasteiger charge is 2.27. The van der Waals surface area contributed by atoms with Gasteiger partial charge in [-0.2, -0.15) is 0 Å². The maximum Gasteiger partial charge on any atom is 0.310 e. The summed E-state index contributed by atoms with van der Waals surface area (Å²) in [4.78, 5) is 22.7. The minimum absolute atomic E-state index is 0.0504. The van der Waals surface area contributed by atoms with E-state index in [2.05, 4.69) is 21.2 Å². The highest BCUT2D eigenvalue weighted by atomic mass is 79.9. The molecule has 0 atom stereocenters. The second-order valence-electron chi connectivity index (χ2n) is 4.50. The van der Waals surface area contributed by atoms with Crippen molar-refractivity contribution in [2.45, 2.75) is 13.8 Å². The predicted octanol–water partition coefficient (Wildman–Crippen LogP) is 2.94. The first-order chi connectivity index (χ1) is 8.24. The lowest BCUT2D eigenvalue weighted by Crippen LogP contribution is -2.38. The number of carboxylic acid groups (broad SMARTS) is 1. The Hall–Kier alpha value is -1.07. The van der Waals surface area contributed by atoms with Crippen molar-refractivity contribution in [2.24, 2.45) is 5.41 Å². The summed E-state index contributed by atoms with van der Waals surface area (Å²) in [7, 11) is 0. The molecule has 1 aromatic rings. The maximum absolute atomic E-state index is 11.8. The second kappa shape index (κ2) is 5.71. The fourth-order valence-corrected chi connectivity index (χ4v) is 1.54. The van der Waals surface area contributed by atoms with Crippen LogP contribution >= 0.6 is 27.5 Å². The number of aliphatic carboxylic acids is 1. The molecule has 98 valence electrons. The molecule has 6 heteroatoms. The molecule has 0 saturated carbocycles. The van der Waals surface area contributed by atoms with Crippen LogP contribution in [0.25, 0.3) is 0 Å². The molecule has 4 nitrogen and oxygen atoms in total. The van der Waals surface area contributed by atoms with E-state index in [0.717, 1.165) is 0 Å². The molecule has 0 aliphatic rings. The summed E-state index contributed by atoms with van der Waals surface area (Å²) in [5.74, 6) is -1.31. The van der Waals surface area contributed by atoms with Crippen molar-refractivity contribution in [3.8, 4) is 0 Å². The minimum Gasteiger partial charge on any atom is -0.481 e. The normalized spacial score (nSPS) is 11.1. The summed E-state index contributed by atoms with van der Waals surface area (Å²) in [5.41, 5.74) is -0.612. The number of nitrogens with one attached hydrogen (secondary N) is 1. The number of rotatable bonds is 4. The van der Waals surface area contributed by atoms with Gasteiger partial charge in [0.2, 0.25) is 0 Å². The van der Waals surface area contributed by atoms with E-state index in [4.69, 9.17) is 16.7 Å². The molecule has 1 rings (SSSR count). The molecule has 0 aliphatic carbocycles. The third kappa shape index (κ3) is 3.71. The molecule has 0 aliphatic heterocycles. The van der Waals surface area contributed by atoms with E-state index in [9.17, 15) is 9.59 Å². The van der Waals surface area contributed by atoms with Crippen LogP contribution in [-0.2, 0) is 4.79 Å². The van der Waals surface area contributed by atoms with Crippen molar-refractivity contribution < 1.29 is 14.7 Å². The van der Waals surface area contributed by atoms with Crippen LogP contribution in [0.2, 0.25) is 5.02 Å². The van der Waals surface area contributed by atoms with E-state index in [1.54, 1.807) is 26.0 Å². The average Bonchev–Trinajstić information content (AvgIpc) is 2.29. The zero-order valence-electron chi connectivity index (χ0n) is 9.96. The SMILES string of the molecule is CC(C)(CNC(=O)c1ccc(Br)c(Cl)c1)C(=O)O. The van der Waals surface area contributed by atoms with Gasteiger partial charge in [-0.1, -0.05) is 11.6 Å². The molecule has 0 unspecified atom stereocenters. The van der Waals surface area contributed by atoms with E-state index in [0.29, 0.717) is 15.1 Å². The van der Waals surface area contributed by atoms with Gasteiger partial charge in [0.15, 0.2) is 0 Å². The zero-order chi connectivity index (χ0) is 13.9. The van der Waals surface area contributed by atoms with E-state index in [1.165, 1.54) is 6.07 Å². The van der Waals surface area contributed by atoms with Gasteiger partial charge in [-0.15, -0.1) is 0 Å². The first-order valence-electron chi connectivity index (χ1n) is 5.20.